The van der Waals surface area contributed by atoms with Gasteiger partial charge in [-0.3, -0.25) is 0 Å². The zero-order valence-corrected chi connectivity index (χ0v) is 7.66. The van der Waals surface area contributed by atoms with Gasteiger partial charge in [0.25, 0.3) is 0 Å². The lowest BCUT2D eigenvalue weighted by atomic mass is 10.1. The molecule has 1 amide bonds. The Morgan fingerprint density at radius 1 is 1.60 bits per heavy atom. The predicted molar refractivity (Wildman–Crippen MR) is 48.3 cm³/mol. The number of amides is 1. The number of halogens is 1. The number of hydrogen-bond donors (Lipinski definition) is 1. The van der Waals surface area contributed by atoms with Crippen molar-refractivity contribution >= 4 is 6.09 Å². The molecule has 0 bridgehead atoms. The van der Waals surface area contributed by atoms with E-state index in [2.05, 4.69) is 5.32 Å². The number of carbonyl (C=O) groups is 1. The van der Waals surface area contributed by atoms with Gasteiger partial charge >= 0.3 is 6.09 Å². The Morgan fingerprint density at radius 3 is 3.00 bits per heavy atom. The van der Waals surface area contributed by atoms with Gasteiger partial charge in [0, 0.05) is 0 Å². The van der Waals surface area contributed by atoms with Crippen molar-refractivity contribution in [3.63, 3.8) is 0 Å². The minimum Gasteiger partial charge on any atom is -0.439 e. The Hall–Kier alpha value is -2.09. The molecule has 5 heteroatoms. The fourth-order valence-corrected chi connectivity index (χ4v) is 1.40. The first-order valence-corrected chi connectivity index (χ1v) is 4.35. The number of hydrogen-bond acceptors (Lipinski definition) is 3. The second-order valence-corrected chi connectivity index (χ2v) is 3.13. The lowest BCUT2D eigenvalue weighted by Gasteiger charge is -2.07. The van der Waals surface area contributed by atoms with Crippen LogP contribution >= 0.6 is 0 Å². The van der Waals surface area contributed by atoms with Crippen LogP contribution in [0.25, 0.3) is 0 Å². The van der Waals surface area contributed by atoms with Crippen LogP contribution in [0.2, 0.25) is 0 Å². The van der Waals surface area contributed by atoms with Gasteiger partial charge in [-0.15, -0.1) is 0 Å². The van der Waals surface area contributed by atoms with Crippen LogP contribution in [-0.4, -0.2) is 12.6 Å². The molecule has 0 aliphatic carbocycles. The Bertz CT molecular complexity index is 453. The fraction of sp³-hybridized carbons (Fsp3) is 0.200. The third kappa shape index (κ3) is 1.74. The van der Waals surface area contributed by atoms with E-state index in [1.165, 1.54) is 18.2 Å². The molecule has 0 aromatic heterocycles. The standard InChI is InChI=1S/C10H7FN2O2/c11-8-2-1-6(3-7(8)4-12)9-5-13-10(14)15-9/h1-3,9H,5H2,(H,13,14). The Morgan fingerprint density at radius 2 is 2.40 bits per heavy atom. The van der Waals surface area contributed by atoms with E-state index in [9.17, 15) is 9.18 Å². The second-order valence-electron chi connectivity index (χ2n) is 3.13. The van der Waals surface area contributed by atoms with Gasteiger partial charge in [-0.25, -0.2) is 9.18 Å². The Kier molecular flexibility index (Phi) is 2.26. The molecule has 1 aromatic rings. The summed E-state index contributed by atoms with van der Waals surface area (Å²) in [6.45, 7) is 0.343. The summed E-state index contributed by atoms with van der Waals surface area (Å²) in [6, 6.07) is 5.82. The highest BCUT2D eigenvalue weighted by atomic mass is 19.1. The maximum Gasteiger partial charge on any atom is 0.407 e. The van der Waals surface area contributed by atoms with Crippen molar-refractivity contribution in [2.75, 3.05) is 6.54 Å². The fourth-order valence-electron chi connectivity index (χ4n) is 1.40. The molecule has 0 saturated carbocycles. The SMILES string of the molecule is N#Cc1cc(C2CNC(=O)O2)ccc1F. The summed E-state index contributed by atoms with van der Waals surface area (Å²) in [5, 5.41) is 11.1. The average molecular weight is 206 g/mol. The maximum absolute atomic E-state index is 13.0. The van der Waals surface area contributed by atoms with Crippen LogP contribution in [0.5, 0.6) is 0 Å². The van der Waals surface area contributed by atoms with E-state index in [1.54, 1.807) is 6.07 Å². The van der Waals surface area contributed by atoms with Crippen molar-refractivity contribution in [2.45, 2.75) is 6.10 Å². The number of nitrogens with one attached hydrogen (secondary N) is 1. The summed E-state index contributed by atoms with van der Waals surface area (Å²) in [6.07, 6.45) is -0.937. The molecule has 0 spiro atoms. The van der Waals surface area contributed by atoms with E-state index in [0.29, 0.717) is 12.1 Å². The molecule has 1 unspecified atom stereocenters. The molecule has 1 heterocycles. The lowest BCUT2D eigenvalue weighted by Crippen LogP contribution is -2.12. The number of alkyl carbamates (subject to hydrolysis) is 1. The van der Waals surface area contributed by atoms with E-state index in [-0.39, 0.29) is 5.56 Å². The van der Waals surface area contributed by atoms with E-state index in [0.717, 1.165) is 0 Å². The Balaban J connectivity index is 2.30. The summed E-state index contributed by atoms with van der Waals surface area (Å²) in [4.78, 5) is 10.8. The first-order valence-electron chi connectivity index (χ1n) is 4.35. The summed E-state index contributed by atoms with van der Waals surface area (Å²) < 4.78 is 17.9. The number of carbonyl (C=O) groups excluding carboxylic acids is 1. The van der Waals surface area contributed by atoms with Crippen LogP contribution in [0, 0.1) is 17.1 Å². The van der Waals surface area contributed by atoms with Gasteiger partial charge in [-0.05, 0) is 17.7 Å². The molecular formula is C10H7FN2O2. The third-order valence-corrected chi connectivity index (χ3v) is 2.16. The van der Waals surface area contributed by atoms with Gasteiger partial charge in [0.15, 0.2) is 0 Å². The summed E-state index contributed by atoms with van der Waals surface area (Å²) in [7, 11) is 0. The zero-order chi connectivity index (χ0) is 10.8. The monoisotopic (exact) mass is 206 g/mol. The predicted octanol–water partition coefficient (Wildman–Crippen LogP) is 1.48. The third-order valence-electron chi connectivity index (χ3n) is 2.16. The number of benzene rings is 1. The molecule has 1 aliphatic rings. The minimum absolute atomic E-state index is 0.0459. The number of nitriles is 1. The molecule has 76 valence electrons. The lowest BCUT2D eigenvalue weighted by molar-refractivity contribution is 0.141. The second kappa shape index (κ2) is 3.58. The van der Waals surface area contributed by atoms with Crippen molar-refractivity contribution in [3.8, 4) is 6.07 Å². The number of cyclic esters (lactones) is 1. The van der Waals surface area contributed by atoms with Crippen molar-refractivity contribution < 1.29 is 13.9 Å². The summed E-state index contributed by atoms with van der Waals surface area (Å²) >= 11 is 0. The van der Waals surface area contributed by atoms with Gasteiger partial charge in [-0.2, -0.15) is 5.26 Å². The molecule has 1 fully saturated rings. The largest absolute Gasteiger partial charge is 0.439 e. The van der Waals surface area contributed by atoms with Crippen LogP contribution in [0.1, 0.15) is 17.2 Å². The zero-order valence-electron chi connectivity index (χ0n) is 7.66. The van der Waals surface area contributed by atoms with Crippen LogP contribution in [0.4, 0.5) is 9.18 Å². The molecule has 1 saturated heterocycles. The first kappa shape index (κ1) is 9.46. The number of nitrogens with zero attached hydrogens (tertiary/aromatic N) is 1. The summed E-state index contributed by atoms with van der Waals surface area (Å²) in [5.41, 5.74) is 0.571. The van der Waals surface area contributed by atoms with Crippen LogP contribution < -0.4 is 5.32 Å². The van der Waals surface area contributed by atoms with Gasteiger partial charge < -0.3 is 10.1 Å². The molecule has 1 atom stereocenters. The molecule has 2 rings (SSSR count). The highest BCUT2D eigenvalue weighted by Gasteiger charge is 2.24. The topological polar surface area (TPSA) is 62.1 Å². The molecule has 1 aliphatic heterocycles. The summed E-state index contributed by atoms with van der Waals surface area (Å²) in [5.74, 6) is -0.571. The van der Waals surface area contributed by atoms with E-state index >= 15 is 0 Å². The van der Waals surface area contributed by atoms with Crippen molar-refractivity contribution in [1.82, 2.24) is 5.32 Å². The molecular weight excluding hydrogens is 199 g/mol. The van der Waals surface area contributed by atoms with Crippen LogP contribution in [0.3, 0.4) is 0 Å². The first-order chi connectivity index (χ1) is 7.20. The smallest absolute Gasteiger partial charge is 0.407 e. The van der Waals surface area contributed by atoms with Crippen molar-refractivity contribution in [1.29, 1.82) is 5.26 Å². The number of ether oxygens (including phenoxy) is 1. The quantitative estimate of drug-likeness (QED) is 0.756. The number of rotatable bonds is 1. The van der Waals surface area contributed by atoms with Crippen molar-refractivity contribution in [2.24, 2.45) is 0 Å². The Labute approximate surface area is 85.3 Å². The highest BCUT2D eigenvalue weighted by Crippen LogP contribution is 2.22. The van der Waals surface area contributed by atoms with Crippen molar-refractivity contribution in [3.05, 3.63) is 35.1 Å². The average Bonchev–Trinajstić information content (AvgIpc) is 2.66. The molecule has 1 aromatic carbocycles. The molecule has 0 radical (unpaired) electrons. The molecule has 4 nitrogen and oxygen atoms in total. The van der Waals surface area contributed by atoms with Crippen LogP contribution in [-0.2, 0) is 4.74 Å². The minimum atomic E-state index is -0.571. The van der Waals surface area contributed by atoms with E-state index in [1.807, 2.05) is 0 Å². The maximum atomic E-state index is 13.0. The van der Waals surface area contributed by atoms with Gasteiger partial charge in [0.2, 0.25) is 0 Å². The molecule has 1 N–H and O–H groups in total. The van der Waals surface area contributed by atoms with Crippen LogP contribution in [0.15, 0.2) is 18.2 Å². The molecule has 15 heavy (non-hydrogen) atoms. The van der Waals surface area contributed by atoms with E-state index < -0.39 is 18.0 Å². The van der Waals surface area contributed by atoms with E-state index in [4.69, 9.17) is 10.00 Å². The van der Waals surface area contributed by atoms with Gasteiger partial charge in [0.05, 0.1) is 12.1 Å². The normalized spacial score (nSPS) is 19.2. The highest BCUT2D eigenvalue weighted by molar-refractivity contribution is 5.69. The van der Waals surface area contributed by atoms with Gasteiger partial charge in [0.1, 0.15) is 18.0 Å². The van der Waals surface area contributed by atoms with Gasteiger partial charge in [-0.1, -0.05) is 6.07 Å².